The number of hydrogen-bond donors (Lipinski definition) is 1. The molecule has 9 nitrogen and oxygen atoms in total. The van der Waals surface area contributed by atoms with Crippen molar-refractivity contribution in [2.45, 2.75) is 37.8 Å². The highest BCUT2D eigenvalue weighted by atomic mass is 19.4. The summed E-state index contributed by atoms with van der Waals surface area (Å²) in [7, 11) is 0. The molecule has 35 heavy (non-hydrogen) atoms. The highest BCUT2D eigenvalue weighted by Gasteiger charge is 2.58. The van der Waals surface area contributed by atoms with Crippen molar-refractivity contribution < 1.29 is 31.1 Å². The van der Waals surface area contributed by atoms with Crippen LogP contribution in [0.3, 0.4) is 0 Å². The molecule has 1 aliphatic carbocycles. The van der Waals surface area contributed by atoms with Gasteiger partial charge in [-0.2, -0.15) is 31.4 Å². The summed E-state index contributed by atoms with van der Waals surface area (Å²) in [5.74, 6) is -1.14. The van der Waals surface area contributed by atoms with Gasteiger partial charge in [0.15, 0.2) is 0 Å². The molecule has 0 bridgehead atoms. The van der Waals surface area contributed by atoms with E-state index in [2.05, 4.69) is 15.2 Å². The minimum Gasteiger partial charge on any atom is -0.323 e. The summed E-state index contributed by atoms with van der Waals surface area (Å²) in [6, 6.07) is -0.199. The average Bonchev–Trinajstić information content (AvgIpc) is 3.28. The summed E-state index contributed by atoms with van der Waals surface area (Å²) in [5, 5.41) is 9.07. The van der Waals surface area contributed by atoms with Crippen LogP contribution >= 0.6 is 0 Å². The van der Waals surface area contributed by atoms with Gasteiger partial charge in [0.1, 0.15) is 12.0 Å². The standard InChI is InChI=1S/C20H22F6N8O/c21-19(22,23)14-12(3-28-29-14)4-31-5-18(6-31)9-33(10-18)16(35)32-7-17(8-32)1-13(2-17)34-11-27-15(30-34)20(24,25)26/h3,11,13H,1-2,4-10H2,(H,28,29). The van der Waals surface area contributed by atoms with Gasteiger partial charge in [-0.1, -0.05) is 0 Å². The van der Waals surface area contributed by atoms with Crippen LogP contribution in [0.4, 0.5) is 31.1 Å². The van der Waals surface area contributed by atoms with Crippen molar-refractivity contribution in [2.24, 2.45) is 10.8 Å². The van der Waals surface area contributed by atoms with Crippen LogP contribution in [0.5, 0.6) is 0 Å². The van der Waals surface area contributed by atoms with Crippen molar-refractivity contribution in [2.75, 3.05) is 39.3 Å². The first-order valence-electron chi connectivity index (χ1n) is 11.2. The second kappa shape index (κ2) is 7.11. The summed E-state index contributed by atoms with van der Waals surface area (Å²) in [6.45, 7) is 3.70. The lowest BCUT2D eigenvalue weighted by Crippen LogP contribution is -2.75. The first-order chi connectivity index (χ1) is 16.3. The van der Waals surface area contributed by atoms with Crippen LogP contribution in [-0.4, -0.2) is 85.0 Å². The molecule has 4 fully saturated rings. The van der Waals surface area contributed by atoms with Gasteiger partial charge < -0.3 is 9.80 Å². The Hall–Kier alpha value is -2.84. The monoisotopic (exact) mass is 504 g/mol. The molecular weight excluding hydrogens is 482 g/mol. The molecule has 2 amide bonds. The Morgan fingerprint density at radius 2 is 1.60 bits per heavy atom. The van der Waals surface area contributed by atoms with Crippen molar-refractivity contribution >= 4 is 6.03 Å². The third-order valence-electron chi connectivity index (χ3n) is 7.63. The molecule has 0 unspecified atom stereocenters. The van der Waals surface area contributed by atoms with E-state index in [1.54, 1.807) is 9.80 Å². The van der Waals surface area contributed by atoms with Crippen molar-refractivity contribution in [3.63, 3.8) is 0 Å². The molecule has 1 N–H and O–H groups in total. The molecular formula is C20H22F6N8O. The summed E-state index contributed by atoms with van der Waals surface area (Å²) in [6.07, 6.45) is -5.41. The van der Waals surface area contributed by atoms with Crippen LogP contribution in [0.1, 0.15) is 36.0 Å². The molecule has 2 aromatic heterocycles. The average molecular weight is 504 g/mol. The quantitative estimate of drug-likeness (QED) is 0.650. The van der Waals surface area contributed by atoms with Gasteiger partial charge >= 0.3 is 18.4 Å². The van der Waals surface area contributed by atoms with Crippen LogP contribution in [0.2, 0.25) is 0 Å². The van der Waals surface area contributed by atoms with E-state index in [1.165, 1.54) is 10.9 Å². The Bertz CT molecular complexity index is 1130. The molecule has 5 heterocycles. The lowest BCUT2D eigenvalue weighted by molar-refractivity contribution is -0.145. The maximum absolute atomic E-state index is 13.0. The molecule has 2 aromatic rings. The molecule has 0 atom stereocenters. The second-order valence-corrected chi connectivity index (χ2v) is 10.5. The summed E-state index contributed by atoms with van der Waals surface area (Å²) in [4.78, 5) is 21.5. The van der Waals surface area contributed by atoms with Crippen LogP contribution in [0, 0.1) is 10.8 Å². The number of rotatable bonds is 3. The Labute approximate surface area is 195 Å². The van der Waals surface area contributed by atoms with Crippen LogP contribution in [0.15, 0.2) is 12.5 Å². The number of alkyl halides is 6. The minimum absolute atomic E-state index is 0.0579. The number of nitrogens with zero attached hydrogens (tertiary/aromatic N) is 7. The number of aromatic nitrogens is 5. The van der Waals surface area contributed by atoms with Crippen LogP contribution in [0.25, 0.3) is 0 Å². The number of urea groups is 1. The largest absolute Gasteiger partial charge is 0.453 e. The predicted molar refractivity (Wildman–Crippen MR) is 106 cm³/mol. The van der Waals surface area contributed by atoms with Crippen LogP contribution < -0.4 is 0 Å². The van der Waals surface area contributed by atoms with Gasteiger partial charge in [-0.15, -0.1) is 5.10 Å². The SMILES string of the molecule is O=C(N1CC2(CC(n3cnc(C(F)(F)F)n3)C2)C1)N1CC2(CN(Cc3cn[nH]c3C(F)(F)F)C2)C1. The van der Waals surface area contributed by atoms with E-state index in [0.717, 1.165) is 6.33 Å². The first-order valence-corrected chi connectivity index (χ1v) is 11.2. The Kier molecular flexibility index (Phi) is 4.59. The fourth-order valence-electron chi connectivity index (χ4n) is 6.09. The van der Waals surface area contributed by atoms with E-state index in [4.69, 9.17) is 0 Å². The Morgan fingerprint density at radius 1 is 0.971 bits per heavy atom. The normalized spacial score (nSPS) is 23.7. The Morgan fingerprint density at radius 3 is 2.17 bits per heavy atom. The zero-order chi connectivity index (χ0) is 24.8. The molecule has 2 spiro atoms. The van der Waals surface area contributed by atoms with Crippen molar-refractivity contribution in [1.82, 2.24) is 39.7 Å². The number of hydrogen-bond acceptors (Lipinski definition) is 5. The number of likely N-dealkylation sites (tertiary alicyclic amines) is 3. The van der Waals surface area contributed by atoms with Crippen molar-refractivity contribution in [3.8, 4) is 0 Å². The number of halogens is 6. The lowest BCUT2D eigenvalue weighted by atomic mass is 9.60. The third-order valence-corrected chi connectivity index (χ3v) is 7.63. The first kappa shape index (κ1) is 22.6. The van der Waals surface area contributed by atoms with Crippen molar-refractivity contribution in [1.29, 1.82) is 0 Å². The molecule has 6 rings (SSSR count). The molecule has 15 heteroatoms. The molecule has 190 valence electrons. The van der Waals surface area contributed by atoms with E-state index < -0.39 is 23.9 Å². The number of aromatic amines is 1. The molecule has 0 aromatic carbocycles. The summed E-state index contributed by atoms with van der Waals surface area (Å²) in [5.41, 5.74) is -0.838. The Balaban J connectivity index is 0.939. The van der Waals surface area contributed by atoms with Gasteiger partial charge in [0.25, 0.3) is 5.82 Å². The van der Waals surface area contributed by atoms with Crippen molar-refractivity contribution in [3.05, 3.63) is 29.6 Å². The lowest BCUT2D eigenvalue weighted by Gasteiger charge is -2.63. The number of carbonyl (C=O) groups excluding carboxylic acids is 1. The van der Waals surface area contributed by atoms with Gasteiger partial charge in [0, 0.05) is 62.2 Å². The molecule has 3 aliphatic heterocycles. The maximum atomic E-state index is 13.0. The third kappa shape index (κ3) is 3.74. The van der Waals surface area contributed by atoms with Crippen LogP contribution in [-0.2, 0) is 18.9 Å². The van der Waals surface area contributed by atoms with Gasteiger partial charge in [-0.25, -0.2) is 14.5 Å². The molecule has 0 radical (unpaired) electrons. The number of amides is 2. The van der Waals surface area contributed by atoms with E-state index in [0.29, 0.717) is 52.1 Å². The molecule has 4 aliphatic rings. The highest BCUT2D eigenvalue weighted by Crippen LogP contribution is 2.54. The highest BCUT2D eigenvalue weighted by molar-refractivity contribution is 5.77. The number of H-pyrrole nitrogens is 1. The zero-order valence-corrected chi connectivity index (χ0v) is 18.4. The summed E-state index contributed by atoms with van der Waals surface area (Å²) < 4.78 is 78.3. The fraction of sp³-hybridized carbons (Fsp3) is 0.700. The van der Waals surface area contributed by atoms with E-state index >= 15 is 0 Å². The van der Waals surface area contributed by atoms with E-state index in [-0.39, 0.29) is 35.0 Å². The van der Waals surface area contributed by atoms with Gasteiger partial charge in [0.05, 0.1) is 12.2 Å². The van der Waals surface area contributed by atoms with Gasteiger partial charge in [0.2, 0.25) is 0 Å². The van der Waals surface area contributed by atoms with Gasteiger partial charge in [-0.3, -0.25) is 10.00 Å². The zero-order valence-electron chi connectivity index (χ0n) is 18.4. The summed E-state index contributed by atoms with van der Waals surface area (Å²) >= 11 is 0. The van der Waals surface area contributed by atoms with E-state index in [9.17, 15) is 31.1 Å². The van der Waals surface area contributed by atoms with Gasteiger partial charge in [-0.05, 0) is 12.8 Å². The smallest absolute Gasteiger partial charge is 0.323 e. The van der Waals surface area contributed by atoms with E-state index in [1.807, 2.05) is 10.00 Å². The predicted octanol–water partition coefficient (Wildman–Crippen LogP) is 2.61. The minimum atomic E-state index is -4.57. The molecule has 3 saturated heterocycles. The maximum Gasteiger partial charge on any atom is 0.453 e. The second-order valence-electron chi connectivity index (χ2n) is 10.5. The fourth-order valence-corrected chi connectivity index (χ4v) is 6.09. The number of carbonyl (C=O) groups is 1. The molecule has 1 saturated carbocycles. The number of nitrogens with one attached hydrogen (secondary N) is 1. The topological polar surface area (TPSA) is 86.2 Å².